The van der Waals surface area contributed by atoms with Crippen LogP contribution in [0.5, 0.6) is 17.2 Å². The van der Waals surface area contributed by atoms with Crippen molar-refractivity contribution in [3.8, 4) is 17.2 Å². The van der Waals surface area contributed by atoms with Crippen LogP contribution in [0.25, 0.3) is 0 Å². The minimum atomic E-state index is -0.364. The Labute approximate surface area is 224 Å². The quantitative estimate of drug-likeness (QED) is 0.339. The Balaban J connectivity index is 1.32. The van der Waals surface area contributed by atoms with Crippen LogP contribution in [-0.4, -0.2) is 43.2 Å². The zero-order chi connectivity index (χ0) is 26.2. The Morgan fingerprint density at radius 2 is 1.62 bits per heavy atom. The van der Waals surface area contributed by atoms with Gasteiger partial charge < -0.3 is 30.2 Å². The maximum Gasteiger partial charge on any atom is 0.319 e. The van der Waals surface area contributed by atoms with Crippen LogP contribution in [-0.2, 0) is 6.61 Å². The van der Waals surface area contributed by atoms with Crippen molar-refractivity contribution in [2.45, 2.75) is 44.4 Å². The van der Waals surface area contributed by atoms with Crippen LogP contribution < -0.4 is 30.2 Å². The Kier molecular flexibility index (Phi) is 9.08. The van der Waals surface area contributed by atoms with Gasteiger partial charge in [-0.3, -0.25) is 4.79 Å². The number of halogens is 1. The Morgan fingerprint density at radius 1 is 0.973 bits per heavy atom. The van der Waals surface area contributed by atoms with Crippen LogP contribution in [0, 0.1) is 0 Å². The van der Waals surface area contributed by atoms with E-state index in [9.17, 15) is 9.59 Å². The zero-order valence-corrected chi connectivity index (χ0v) is 22.2. The van der Waals surface area contributed by atoms with E-state index in [1.54, 1.807) is 62.1 Å². The molecule has 3 N–H and O–H groups in total. The number of ether oxygens (including phenoxy) is 3. The van der Waals surface area contributed by atoms with Gasteiger partial charge in [-0.1, -0.05) is 24.4 Å². The first kappa shape index (κ1) is 26.6. The Bertz CT molecular complexity index is 1200. The molecule has 0 aliphatic heterocycles. The summed E-state index contributed by atoms with van der Waals surface area (Å²) in [5.74, 6) is 1.54. The summed E-state index contributed by atoms with van der Waals surface area (Å²) >= 11 is 7.26. The lowest BCUT2D eigenvalue weighted by molar-refractivity contribution is 0.0911. The fourth-order valence-electron chi connectivity index (χ4n) is 4.09. The highest BCUT2D eigenvalue weighted by molar-refractivity contribution is 7.09. The van der Waals surface area contributed by atoms with Crippen molar-refractivity contribution < 1.29 is 23.8 Å². The van der Waals surface area contributed by atoms with Gasteiger partial charge in [0.1, 0.15) is 34.6 Å². The number of urea groups is 1. The number of aromatic nitrogens is 1. The maximum atomic E-state index is 12.9. The molecule has 0 radical (unpaired) electrons. The summed E-state index contributed by atoms with van der Waals surface area (Å²) in [5, 5.41) is 11.9. The number of nitrogens with one attached hydrogen (secondary N) is 3. The molecular weight excluding hydrogens is 516 g/mol. The van der Waals surface area contributed by atoms with Crippen molar-refractivity contribution in [2.24, 2.45) is 0 Å². The number of hydrogen-bond acceptors (Lipinski definition) is 7. The SMILES string of the molecule is COc1cc(NC(=O)N[C@@H]2CCCC[C@H]2NC(=O)c2csc(COc3ccc(Cl)cc3)n2)cc(OC)c1. The van der Waals surface area contributed by atoms with Crippen molar-refractivity contribution in [1.82, 2.24) is 15.6 Å². The van der Waals surface area contributed by atoms with Gasteiger partial charge in [0.15, 0.2) is 0 Å². The molecule has 1 saturated carbocycles. The maximum absolute atomic E-state index is 12.9. The number of rotatable bonds is 9. The van der Waals surface area contributed by atoms with Gasteiger partial charge in [-0.15, -0.1) is 11.3 Å². The second-order valence-corrected chi connectivity index (χ2v) is 9.92. The third-order valence-corrected chi connectivity index (χ3v) is 7.04. The van der Waals surface area contributed by atoms with E-state index in [1.165, 1.54) is 11.3 Å². The van der Waals surface area contributed by atoms with Crippen molar-refractivity contribution in [3.63, 3.8) is 0 Å². The van der Waals surface area contributed by atoms with E-state index in [4.69, 9.17) is 25.8 Å². The van der Waals surface area contributed by atoms with Crippen LogP contribution in [0.1, 0.15) is 41.2 Å². The van der Waals surface area contributed by atoms with E-state index >= 15 is 0 Å². The number of thiazole rings is 1. The average molecular weight is 545 g/mol. The van der Waals surface area contributed by atoms with Gasteiger partial charge in [-0.25, -0.2) is 9.78 Å². The summed E-state index contributed by atoms with van der Waals surface area (Å²) in [6.07, 6.45) is 3.46. The van der Waals surface area contributed by atoms with Crippen molar-refractivity contribution in [1.29, 1.82) is 0 Å². The number of amides is 3. The first-order valence-electron chi connectivity index (χ1n) is 11.9. The molecule has 1 aliphatic carbocycles. The largest absolute Gasteiger partial charge is 0.497 e. The van der Waals surface area contributed by atoms with E-state index in [0.29, 0.717) is 38.7 Å². The summed E-state index contributed by atoms with van der Waals surface area (Å²) < 4.78 is 16.2. The number of hydrogen-bond donors (Lipinski definition) is 3. The minimum Gasteiger partial charge on any atom is -0.497 e. The summed E-state index contributed by atoms with van der Waals surface area (Å²) in [6.45, 7) is 0.252. The van der Waals surface area contributed by atoms with E-state index in [1.807, 2.05) is 0 Å². The average Bonchev–Trinajstić information content (AvgIpc) is 3.38. The number of benzene rings is 2. The predicted molar refractivity (Wildman–Crippen MR) is 143 cm³/mol. The number of methoxy groups -OCH3 is 2. The van der Waals surface area contributed by atoms with E-state index in [0.717, 1.165) is 25.7 Å². The lowest BCUT2D eigenvalue weighted by Crippen LogP contribution is -2.54. The molecule has 0 spiro atoms. The molecule has 0 saturated heterocycles. The summed E-state index contributed by atoms with van der Waals surface area (Å²) in [6, 6.07) is 11.4. The fraction of sp³-hybridized carbons (Fsp3) is 0.346. The lowest BCUT2D eigenvalue weighted by Gasteiger charge is -2.32. The number of nitrogens with zero attached hydrogens (tertiary/aromatic N) is 1. The third kappa shape index (κ3) is 7.50. The van der Waals surface area contributed by atoms with Crippen LogP contribution in [0.4, 0.5) is 10.5 Å². The van der Waals surface area contributed by atoms with Crippen molar-refractivity contribution in [2.75, 3.05) is 19.5 Å². The highest BCUT2D eigenvalue weighted by Gasteiger charge is 2.29. The zero-order valence-electron chi connectivity index (χ0n) is 20.6. The monoisotopic (exact) mass is 544 g/mol. The van der Waals surface area contributed by atoms with Gasteiger partial charge in [0, 0.05) is 40.3 Å². The highest BCUT2D eigenvalue weighted by Crippen LogP contribution is 2.26. The molecule has 2 aromatic carbocycles. The first-order valence-corrected chi connectivity index (χ1v) is 13.1. The second-order valence-electron chi connectivity index (χ2n) is 8.54. The number of anilines is 1. The Hall–Kier alpha value is -3.50. The molecule has 1 fully saturated rings. The van der Waals surface area contributed by atoms with Crippen LogP contribution in [0.15, 0.2) is 47.8 Å². The predicted octanol–water partition coefficient (Wildman–Crippen LogP) is 5.26. The molecule has 9 nitrogen and oxygen atoms in total. The molecule has 4 rings (SSSR count). The van der Waals surface area contributed by atoms with Gasteiger partial charge in [0.2, 0.25) is 0 Å². The lowest BCUT2D eigenvalue weighted by atomic mass is 9.90. The van der Waals surface area contributed by atoms with Gasteiger partial charge >= 0.3 is 6.03 Å². The smallest absolute Gasteiger partial charge is 0.319 e. The molecule has 2 atom stereocenters. The molecule has 37 heavy (non-hydrogen) atoms. The molecule has 1 aromatic heterocycles. The molecule has 11 heteroatoms. The first-order chi connectivity index (χ1) is 17.9. The number of carbonyl (C=O) groups is 2. The molecule has 3 amide bonds. The standard InChI is InChI=1S/C26H29ClN4O5S/c1-34-19-11-17(12-20(13-19)35-2)28-26(33)31-22-6-4-3-5-21(22)30-25(32)23-15-37-24(29-23)14-36-18-9-7-16(27)8-10-18/h7-13,15,21-22H,3-6,14H2,1-2H3,(H,30,32)(H2,28,31,33)/t21-,22-/m1/s1. The summed E-state index contributed by atoms with van der Waals surface area (Å²) in [7, 11) is 3.10. The van der Waals surface area contributed by atoms with Gasteiger partial charge in [-0.2, -0.15) is 0 Å². The molecule has 3 aromatic rings. The highest BCUT2D eigenvalue weighted by atomic mass is 35.5. The van der Waals surface area contributed by atoms with E-state index < -0.39 is 0 Å². The molecule has 0 bridgehead atoms. The van der Waals surface area contributed by atoms with Crippen LogP contribution in [0.2, 0.25) is 5.02 Å². The number of carbonyl (C=O) groups excluding carboxylic acids is 2. The molecule has 1 aliphatic rings. The normalized spacial score (nSPS) is 16.9. The van der Waals surface area contributed by atoms with Gasteiger partial charge in [0.25, 0.3) is 5.91 Å². The van der Waals surface area contributed by atoms with Crippen molar-refractivity contribution in [3.05, 3.63) is 63.6 Å². The third-order valence-electron chi connectivity index (χ3n) is 5.97. The molecular formula is C26H29ClN4O5S. The molecule has 1 heterocycles. The van der Waals surface area contributed by atoms with Gasteiger partial charge in [-0.05, 0) is 37.1 Å². The van der Waals surface area contributed by atoms with Crippen LogP contribution in [0.3, 0.4) is 0 Å². The van der Waals surface area contributed by atoms with E-state index in [2.05, 4.69) is 20.9 Å². The second kappa shape index (κ2) is 12.6. The Morgan fingerprint density at radius 3 is 2.27 bits per heavy atom. The molecule has 196 valence electrons. The minimum absolute atomic E-state index is 0.206. The summed E-state index contributed by atoms with van der Waals surface area (Å²) in [4.78, 5) is 30.1. The topological polar surface area (TPSA) is 111 Å². The van der Waals surface area contributed by atoms with Crippen LogP contribution >= 0.6 is 22.9 Å². The molecule has 0 unspecified atom stereocenters. The van der Waals surface area contributed by atoms with E-state index in [-0.39, 0.29) is 30.6 Å². The fourth-order valence-corrected chi connectivity index (χ4v) is 4.90. The summed E-state index contributed by atoms with van der Waals surface area (Å²) in [5.41, 5.74) is 0.873. The van der Waals surface area contributed by atoms with Gasteiger partial charge in [0.05, 0.1) is 20.3 Å². The van der Waals surface area contributed by atoms with Crippen molar-refractivity contribution >= 4 is 40.6 Å².